The lowest BCUT2D eigenvalue weighted by atomic mass is 9.71. The molecular formula is C10H15F. The quantitative estimate of drug-likeness (QED) is 0.501. The molecule has 0 saturated heterocycles. The van der Waals surface area contributed by atoms with E-state index in [2.05, 4.69) is 20.8 Å². The average molecular weight is 154 g/mol. The predicted octanol–water partition coefficient (Wildman–Crippen LogP) is 3.46. The van der Waals surface area contributed by atoms with E-state index in [4.69, 9.17) is 0 Å². The first-order chi connectivity index (χ1) is 4.96. The molecule has 0 heterocycles. The summed E-state index contributed by atoms with van der Waals surface area (Å²) in [5, 5.41) is 0. The molecule has 0 aromatic rings. The third kappa shape index (κ3) is 1.24. The van der Waals surface area contributed by atoms with Gasteiger partial charge < -0.3 is 0 Å². The molecule has 0 nitrogen and oxygen atoms in total. The fourth-order valence-electron chi connectivity index (χ4n) is 1.25. The van der Waals surface area contributed by atoms with Gasteiger partial charge in [0, 0.05) is 5.92 Å². The van der Waals surface area contributed by atoms with Crippen LogP contribution in [0.4, 0.5) is 4.39 Å². The molecule has 1 rings (SSSR count). The highest BCUT2D eigenvalue weighted by molar-refractivity contribution is 5.27. The minimum absolute atomic E-state index is 0.000556. The van der Waals surface area contributed by atoms with E-state index in [0.717, 1.165) is 0 Å². The Labute approximate surface area is 67.8 Å². The van der Waals surface area contributed by atoms with Gasteiger partial charge in [0.15, 0.2) is 0 Å². The van der Waals surface area contributed by atoms with Crippen molar-refractivity contribution in [2.24, 2.45) is 11.3 Å². The van der Waals surface area contributed by atoms with Gasteiger partial charge in [0.2, 0.25) is 0 Å². The van der Waals surface area contributed by atoms with Crippen molar-refractivity contribution < 1.29 is 4.39 Å². The maximum atomic E-state index is 13.1. The van der Waals surface area contributed by atoms with Crippen molar-refractivity contribution >= 4 is 0 Å². The van der Waals surface area contributed by atoms with Crippen LogP contribution in [0.2, 0.25) is 0 Å². The fourth-order valence-corrected chi connectivity index (χ4v) is 1.25. The third-order valence-electron chi connectivity index (χ3n) is 3.01. The van der Waals surface area contributed by atoms with E-state index in [1.807, 2.05) is 13.0 Å². The van der Waals surface area contributed by atoms with Gasteiger partial charge in [0.25, 0.3) is 0 Å². The van der Waals surface area contributed by atoms with Gasteiger partial charge in [-0.15, -0.1) is 0 Å². The molecular weight excluding hydrogens is 139 g/mol. The van der Waals surface area contributed by atoms with E-state index in [1.54, 1.807) is 6.08 Å². The molecule has 0 fully saturated rings. The molecule has 11 heavy (non-hydrogen) atoms. The van der Waals surface area contributed by atoms with Crippen molar-refractivity contribution in [3.63, 3.8) is 0 Å². The lowest BCUT2D eigenvalue weighted by molar-refractivity contribution is 0.279. The van der Waals surface area contributed by atoms with Gasteiger partial charge in [-0.2, -0.15) is 0 Å². The molecule has 0 aliphatic heterocycles. The monoisotopic (exact) mass is 154 g/mol. The SMILES string of the molecule is CC1=CC=C(F)C(C)C1(C)C. The maximum absolute atomic E-state index is 13.1. The second kappa shape index (κ2) is 2.47. The van der Waals surface area contributed by atoms with Gasteiger partial charge in [0.1, 0.15) is 5.83 Å². The van der Waals surface area contributed by atoms with Crippen LogP contribution in [0.25, 0.3) is 0 Å². The molecule has 62 valence electrons. The Kier molecular flexibility index (Phi) is 1.91. The zero-order valence-corrected chi connectivity index (χ0v) is 7.61. The largest absolute Gasteiger partial charge is 0.212 e. The summed E-state index contributed by atoms with van der Waals surface area (Å²) in [6.07, 6.45) is 3.45. The zero-order chi connectivity index (χ0) is 8.65. The molecule has 0 bridgehead atoms. The topological polar surface area (TPSA) is 0 Å². The second-order valence-corrected chi connectivity index (χ2v) is 3.84. The minimum atomic E-state index is -0.0150. The Bertz CT molecular complexity index is 221. The van der Waals surface area contributed by atoms with E-state index in [1.165, 1.54) is 5.57 Å². The average Bonchev–Trinajstić information content (AvgIpc) is 1.95. The van der Waals surface area contributed by atoms with Crippen molar-refractivity contribution in [3.8, 4) is 0 Å². The van der Waals surface area contributed by atoms with Crippen molar-refractivity contribution in [1.29, 1.82) is 0 Å². The molecule has 0 amide bonds. The number of halogens is 1. The summed E-state index contributed by atoms with van der Waals surface area (Å²) in [6, 6.07) is 0. The number of hydrogen-bond acceptors (Lipinski definition) is 0. The molecule has 1 atom stereocenters. The number of allylic oxidation sites excluding steroid dienone is 4. The van der Waals surface area contributed by atoms with Crippen LogP contribution in [-0.2, 0) is 0 Å². The lowest BCUT2D eigenvalue weighted by Gasteiger charge is -2.34. The standard InChI is InChI=1S/C10H15F/c1-7-5-6-9(11)8(2)10(7,3)4/h5-6,8H,1-4H3. The van der Waals surface area contributed by atoms with Crippen LogP contribution in [0.5, 0.6) is 0 Å². The Morgan fingerprint density at radius 1 is 1.36 bits per heavy atom. The summed E-state index contributed by atoms with van der Waals surface area (Å²) >= 11 is 0. The van der Waals surface area contributed by atoms with Crippen LogP contribution < -0.4 is 0 Å². The normalized spacial score (nSPS) is 29.4. The molecule has 0 spiro atoms. The highest BCUT2D eigenvalue weighted by Crippen LogP contribution is 2.41. The van der Waals surface area contributed by atoms with Gasteiger partial charge in [-0.05, 0) is 18.4 Å². The Balaban J connectivity index is 3.03. The van der Waals surface area contributed by atoms with Crippen LogP contribution >= 0.6 is 0 Å². The first-order valence-corrected chi connectivity index (χ1v) is 4.00. The molecule has 1 heteroatoms. The van der Waals surface area contributed by atoms with Crippen molar-refractivity contribution in [1.82, 2.24) is 0 Å². The van der Waals surface area contributed by atoms with Gasteiger partial charge in [-0.1, -0.05) is 32.4 Å². The molecule has 0 N–H and O–H groups in total. The van der Waals surface area contributed by atoms with E-state index < -0.39 is 0 Å². The first-order valence-electron chi connectivity index (χ1n) is 4.00. The maximum Gasteiger partial charge on any atom is 0.104 e. The summed E-state index contributed by atoms with van der Waals surface area (Å²) < 4.78 is 13.1. The molecule has 0 aromatic carbocycles. The van der Waals surface area contributed by atoms with Crippen LogP contribution in [0.1, 0.15) is 27.7 Å². The smallest absolute Gasteiger partial charge is 0.104 e. The summed E-state index contributed by atoms with van der Waals surface area (Å²) in [4.78, 5) is 0. The van der Waals surface area contributed by atoms with Gasteiger partial charge in [-0.3, -0.25) is 0 Å². The van der Waals surface area contributed by atoms with Crippen LogP contribution in [0.3, 0.4) is 0 Å². The van der Waals surface area contributed by atoms with Gasteiger partial charge >= 0.3 is 0 Å². The third-order valence-corrected chi connectivity index (χ3v) is 3.01. The predicted molar refractivity (Wildman–Crippen MR) is 45.9 cm³/mol. The fraction of sp³-hybridized carbons (Fsp3) is 0.600. The van der Waals surface area contributed by atoms with Crippen molar-refractivity contribution in [2.45, 2.75) is 27.7 Å². The van der Waals surface area contributed by atoms with Crippen molar-refractivity contribution in [3.05, 3.63) is 23.6 Å². The lowest BCUT2D eigenvalue weighted by Crippen LogP contribution is -2.25. The Hall–Kier alpha value is -0.590. The number of rotatable bonds is 0. The summed E-state index contributed by atoms with van der Waals surface area (Å²) in [6.45, 7) is 8.15. The first kappa shape index (κ1) is 8.51. The Morgan fingerprint density at radius 2 is 1.91 bits per heavy atom. The molecule has 0 saturated carbocycles. The summed E-state index contributed by atoms with van der Waals surface area (Å²) in [5.41, 5.74) is 1.24. The molecule has 0 aromatic heterocycles. The van der Waals surface area contributed by atoms with Gasteiger partial charge in [-0.25, -0.2) is 4.39 Å². The zero-order valence-electron chi connectivity index (χ0n) is 7.61. The van der Waals surface area contributed by atoms with Gasteiger partial charge in [0.05, 0.1) is 0 Å². The molecule has 0 radical (unpaired) electrons. The Morgan fingerprint density at radius 3 is 2.36 bits per heavy atom. The van der Waals surface area contributed by atoms with E-state index in [9.17, 15) is 4.39 Å². The molecule has 1 aliphatic rings. The van der Waals surface area contributed by atoms with E-state index >= 15 is 0 Å². The summed E-state index contributed by atoms with van der Waals surface area (Å²) in [7, 11) is 0. The number of hydrogen-bond donors (Lipinski definition) is 0. The molecule has 1 unspecified atom stereocenters. The van der Waals surface area contributed by atoms with Crippen LogP contribution in [0, 0.1) is 11.3 Å². The van der Waals surface area contributed by atoms with Crippen LogP contribution in [0.15, 0.2) is 23.6 Å². The highest BCUT2D eigenvalue weighted by atomic mass is 19.1. The second-order valence-electron chi connectivity index (χ2n) is 3.84. The highest BCUT2D eigenvalue weighted by Gasteiger charge is 2.32. The van der Waals surface area contributed by atoms with E-state index in [-0.39, 0.29) is 17.2 Å². The minimum Gasteiger partial charge on any atom is -0.212 e. The van der Waals surface area contributed by atoms with Crippen molar-refractivity contribution in [2.75, 3.05) is 0 Å². The summed E-state index contributed by atoms with van der Waals surface area (Å²) in [5.74, 6) is 0.0214. The van der Waals surface area contributed by atoms with E-state index in [0.29, 0.717) is 0 Å². The molecule has 1 aliphatic carbocycles. The van der Waals surface area contributed by atoms with Crippen LogP contribution in [-0.4, -0.2) is 0 Å².